The SMILES string of the molecule is CCOP(=O)(/C=C/c1ccc2ccccc2c1-n1cccc1C=O)OCC. The van der Waals surface area contributed by atoms with Gasteiger partial charge in [-0.3, -0.25) is 9.36 Å². The molecular formula is C21H22NO4P. The Morgan fingerprint density at radius 2 is 1.74 bits per heavy atom. The van der Waals surface area contributed by atoms with E-state index in [1.54, 1.807) is 26.0 Å². The minimum Gasteiger partial charge on any atom is -0.313 e. The normalized spacial score (nSPS) is 12.1. The van der Waals surface area contributed by atoms with Gasteiger partial charge < -0.3 is 13.6 Å². The van der Waals surface area contributed by atoms with Crippen LogP contribution in [0.3, 0.4) is 0 Å². The number of nitrogens with zero attached hydrogens (tertiary/aromatic N) is 1. The molecule has 0 spiro atoms. The van der Waals surface area contributed by atoms with E-state index in [-0.39, 0.29) is 0 Å². The Morgan fingerprint density at radius 3 is 2.44 bits per heavy atom. The number of aromatic nitrogens is 1. The molecule has 140 valence electrons. The summed E-state index contributed by atoms with van der Waals surface area (Å²) in [6.07, 6.45) is 4.40. The summed E-state index contributed by atoms with van der Waals surface area (Å²) < 4.78 is 25.3. The number of rotatable bonds is 8. The molecule has 0 saturated heterocycles. The molecule has 0 bridgehead atoms. The van der Waals surface area contributed by atoms with Crippen LogP contribution >= 0.6 is 7.60 Å². The zero-order valence-corrected chi connectivity index (χ0v) is 16.3. The fraction of sp³-hybridized carbons (Fsp3) is 0.190. The molecule has 0 aliphatic carbocycles. The van der Waals surface area contributed by atoms with E-state index >= 15 is 0 Å². The number of fused-ring (bicyclic) bond motifs is 1. The van der Waals surface area contributed by atoms with Crippen molar-refractivity contribution in [1.29, 1.82) is 0 Å². The molecule has 3 aromatic rings. The number of aldehydes is 1. The summed E-state index contributed by atoms with van der Waals surface area (Å²) >= 11 is 0. The molecule has 0 saturated carbocycles. The van der Waals surface area contributed by atoms with Gasteiger partial charge in [-0.15, -0.1) is 0 Å². The van der Waals surface area contributed by atoms with Crippen LogP contribution in [0.2, 0.25) is 0 Å². The first-order valence-corrected chi connectivity index (χ1v) is 10.5. The molecular weight excluding hydrogens is 361 g/mol. The van der Waals surface area contributed by atoms with Gasteiger partial charge in [-0.2, -0.15) is 0 Å². The van der Waals surface area contributed by atoms with E-state index in [4.69, 9.17) is 9.05 Å². The average Bonchev–Trinajstić information content (AvgIpc) is 3.14. The molecule has 1 heterocycles. The van der Waals surface area contributed by atoms with Crippen LogP contribution in [0, 0.1) is 0 Å². The van der Waals surface area contributed by atoms with Crippen molar-refractivity contribution in [2.75, 3.05) is 13.2 Å². The highest BCUT2D eigenvalue weighted by Crippen LogP contribution is 2.50. The van der Waals surface area contributed by atoms with Crippen molar-refractivity contribution in [3.05, 3.63) is 71.8 Å². The quantitative estimate of drug-likeness (QED) is 0.371. The molecule has 1 aromatic heterocycles. The highest BCUT2D eigenvalue weighted by molar-refractivity contribution is 7.57. The van der Waals surface area contributed by atoms with Crippen LogP contribution in [0.25, 0.3) is 22.5 Å². The van der Waals surface area contributed by atoms with Gasteiger partial charge in [-0.05, 0) is 43.0 Å². The van der Waals surface area contributed by atoms with Crippen molar-refractivity contribution in [2.24, 2.45) is 0 Å². The summed E-state index contributed by atoms with van der Waals surface area (Å²) in [6, 6.07) is 15.5. The standard InChI is InChI=1S/C21H22NO4P/c1-3-25-27(24,26-4-2)15-13-18-12-11-17-8-5-6-10-20(17)21(18)22-14-7-9-19(22)16-23/h5-16H,3-4H2,1-2H3/b15-13+. The topological polar surface area (TPSA) is 57.5 Å². The van der Waals surface area contributed by atoms with Crippen molar-refractivity contribution in [1.82, 2.24) is 4.57 Å². The molecule has 0 fully saturated rings. The third-order valence-corrected chi connectivity index (χ3v) is 5.88. The van der Waals surface area contributed by atoms with Crippen LogP contribution in [0.1, 0.15) is 29.9 Å². The highest BCUT2D eigenvalue weighted by Gasteiger charge is 2.19. The predicted octanol–water partition coefficient (Wildman–Crippen LogP) is 5.68. The van der Waals surface area contributed by atoms with Gasteiger partial charge >= 0.3 is 7.60 Å². The second-order valence-corrected chi connectivity index (χ2v) is 7.73. The maximum Gasteiger partial charge on any atom is 0.354 e. The largest absolute Gasteiger partial charge is 0.354 e. The first-order valence-electron chi connectivity index (χ1n) is 8.84. The lowest BCUT2D eigenvalue weighted by Gasteiger charge is -2.15. The van der Waals surface area contributed by atoms with Crippen LogP contribution in [0.15, 0.2) is 60.5 Å². The van der Waals surface area contributed by atoms with E-state index in [1.807, 2.05) is 53.2 Å². The summed E-state index contributed by atoms with van der Waals surface area (Å²) in [5.41, 5.74) is 2.20. The number of carbonyl (C=O) groups is 1. The summed E-state index contributed by atoms with van der Waals surface area (Å²) in [5.74, 6) is 1.48. The highest BCUT2D eigenvalue weighted by atomic mass is 31.2. The molecule has 6 heteroatoms. The monoisotopic (exact) mass is 383 g/mol. The predicted molar refractivity (Wildman–Crippen MR) is 109 cm³/mol. The zero-order valence-electron chi connectivity index (χ0n) is 15.4. The van der Waals surface area contributed by atoms with Gasteiger partial charge in [-0.1, -0.05) is 36.4 Å². The molecule has 2 aromatic carbocycles. The molecule has 5 nitrogen and oxygen atoms in total. The van der Waals surface area contributed by atoms with Crippen molar-refractivity contribution >= 4 is 30.7 Å². The number of hydrogen-bond acceptors (Lipinski definition) is 4. The molecule has 0 radical (unpaired) electrons. The Labute approximate surface area is 158 Å². The summed E-state index contributed by atoms with van der Waals surface area (Å²) in [4.78, 5) is 11.5. The van der Waals surface area contributed by atoms with Crippen molar-refractivity contribution in [3.63, 3.8) is 0 Å². The Hall–Kier alpha value is -2.46. The van der Waals surface area contributed by atoms with E-state index in [1.165, 1.54) is 5.82 Å². The first-order chi connectivity index (χ1) is 13.1. The van der Waals surface area contributed by atoms with Gasteiger partial charge in [0.2, 0.25) is 0 Å². The van der Waals surface area contributed by atoms with Gasteiger partial charge in [0.05, 0.1) is 24.6 Å². The number of carbonyl (C=O) groups excluding carboxylic acids is 1. The fourth-order valence-corrected chi connectivity index (χ4v) is 4.33. The molecule has 0 amide bonds. The van der Waals surface area contributed by atoms with Crippen LogP contribution in [0.4, 0.5) is 0 Å². The molecule has 0 N–H and O–H groups in total. The minimum atomic E-state index is -3.32. The third-order valence-electron chi connectivity index (χ3n) is 4.13. The van der Waals surface area contributed by atoms with E-state index in [0.29, 0.717) is 18.9 Å². The van der Waals surface area contributed by atoms with Crippen LogP contribution < -0.4 is 0 Å². The van der Waals surface area contributed by atoms with Crippen molar-refractivity contribution in [2.45, 2.75) is 13.8 Å². The zero-order chi connectivity index (χ0) is 19.3. The van der Waals surface area contributed by atoms with Gasteiger partial charge in [-0.25, -0.2) is 0 Å². The maximum absolute atomic E-state index is 12.8. The lowest BCUT2D eigenvalue weighted by atomic mass is 10.0. The van der Waals surface area contributed by atoms with E-state index in [2.05, 4.69) is 0 Å². The maximum atomic E-state index is 12.8. The van der Waals surface area contributed by atoms with Crippen molar-refractivity contribution in [3.8, 4) is 5.69 Å². The Bertz CT molecular complexity index is 1010. The van der Waals surface area contributed by atoms with Gasteiger partial charge in [0.15, 0.2) is 6.29 Å². The molecule has 0 aliphatic heterocycles. The average molecular weight is 383 g/mol. The third kappa shape index (κ3) is 4.11. The summed E-state index contributed by atoms with van der Waals surface area (Å²) in [6.45, 7) is 4.13. The molecule has 0 atom stereocenters. The van der Waals surface area contributed by atoms with Crippen LogP contribution in [-0.4, -0.2) is 24.1 Å². The van der Waals surface area contributed by atoms with Gasteiger partial charge in [0, 0.05) is 17.4 Å². The van der Waals surface area contributed by atoms with Gasteiger partial charge in [0.25, 0.3) is 0 Å². The second kappa shape index (κ2) is 8.49. The van der Waals surface area contributed by atoms with E-state index < -0.39 is 7.60 Å². The smallest absolute Gasteiger partial charge is 0.313 e. The van der Waals surface area contributed by atoms with Crippen LogP contribution in [-0.2, 0) is 13.6 Å². The lowest BCUT2D eigenvalue weighted by molar-refractivity contribution is 0.111. The molecule has 0 aliphatic rings. The van der Waals surface area contributed by atoms with Crippen molar-refractivity contribution < 1.29 is 18.4 Å². The minimum absolute atomic E-state index is 0.291. The first kappa shape index (κ1) is 19.3. The molecule has 27 heavy (non-hydrogen) atoms. The fourth-order valence-electron chi connectivity index (χ4n) is 3.02. The number of hydrogen-bond donors (Lipinski definition) is 0. The number of benzene rings is 2. The Morgan fingerprint density at radius 1 is 1.00 bits per heavy atom. The van der Waals surface area contributed by atoms with E-state index in [0.717, 1.165) is 28.3 Å². The summed E-state index contributed by atoms with van der Waals surface area (Å²) in [5, 5.41) is 2.04. The second-order valence-electron chi connectivity index (χ2n) is 5.84. The summed E-state index contributed by atoms with van der Waals surface area (Å²) in [7, 11) is -3.32. The molecule has 0 unspecified atom stereocenters. The van der Waals surface area contributed by atoms with E-state index in [9.17, 15) is 9.36 Å². The van der Waals surface area contributed by atoms with Gasteiger partial charge in [0.1, 0.15) is 0 Å². The molecule has 3 rings (SSSR count). The van der Waals surface area contributed by atoms with Crippen LogP contribution in [0.5, 0.6) is 0 Å². The Balaban J connectivity index is 2.19. The Kier molecular flexibility index (Phi) is 6.07. The lowest BCUT2D eigenvalue weighted by Crippen LogP contribution is -2.01.